The predicted octanol–water partition coefficient (Wildman–Crippen LogP) is 3.07. The molecule has 0 saturated carbocycles. The van der Waals surface area contributed by atoms with Crippen molar-refractivity contribution in [2.24, 2.45) is 5.92 Å². The molecule has 1 aromatic carbocycles. The second kappa shape index (κ2) is 7.59. The highest BCUT2D eigenvalue weighted by atomic mass is 16.5. The lowest BCUT2D eigenvalue weighted by Gasteiger charge is -2.11. The molecule has 22 heavy (non-hydrogen) atoms. The smallest absolute Gasteiger partial charge is 0.361 e. The molecule has 0 atom stereocenters. The Labute approximate surface area is 129 Å². The van der Waals surface area contributed by atoms with E-state index >= 15 is 0 Å². The number of H-pyrrole nitrogens is 1. The van der Waals surface area contributed by atoms with Crippen molar-refractivity contribution in [3.8, 4) is 17.0 Å². The second-order valence-electron chi connectivity index (χ2n) is 5.27. The minimum atomic E-state index is -0.497. The zero-order valence-corrected chi connectivity index (χ0v) is 13.1. The maximum atomic E-state index is 11.9. The monoisotopic (exact) mass is 303 g/mol. The van der Waals surface area contributed by atoms with Gasteiger partial charge in [0.05, 0.1) is 13.2 Å². The molecule has 6 nitrogen and oxygen atoms in total. The van der Waals surface area contributed by atoms with E-state index in [1.54, 1.807) is 6.92 Å². The molecule has 1 N–H and O–H groups in total. The van der Waals surface area contributed by atoms with Crippen LogP contribution < -0.4 is 4.74 Å². The molecule has 2 aromatic rings. The van der Waals surface area contributed by atoms with E-state index in [-0.39, 0.29) is 12.3 Å². The molecule has 1 heterocycles. The van der Waals surface area contributed by atoms with Gasteiger partial charge in [-0.1, -0.05) is 26.0 Å². The Morgan fingerprint density at radius 2 is 2.05 bits per heavy atom. The van der Waals surface area contributed by atoms with E-state index in [0.717, 1.165) is 12.0 Å². The fourth-order valence-corrected chi connectivity index (χ4v) is 1.95. The number of hydrogen-bond donors (Lipinski definition) is 1. The number of rotatable bonds is 7. The summed E-state index contributed by atoms with van der Waals surface area (Å²) in [4.78, 5) is 11.9. The highest BCUT2D eigenvalue weighted by Gasteiger charge is 2.21. The normalized spacial score (nSPS) is 10.7. The molecule has 0 unspecified atom stereocenters. The van der Waals surface area contributed by atoms with Gasteiger partial charge in [-0.2, -0.15) is 10.3 Å². The third kappa shape index (κ3) is 3.84. The molecule has 0 aliphatic carbocycles. The first kappa shape index (κ1) is 16.0. The van der Waals surface area contributed by atoms with Crippen LogP contribution in [-0.2, 0) is 4.74 Å². The summed E-state index contributed by atoms with van der Waals surface area (Å²) in [5, 5.41) is 10.5. The summed E-state index contributed by atoms with van der Waals surface area (Å²) < 4.78 is 10.8. The van der Waals surface area contributed by atoms with Crippen LogP contribution in [0.15, 0.2) is 24.3 Å². The number of carbonyl (C=O) groups is 1. The van der Waals surface area contributed by atoms with Crippen molar-refractivity contribution in [3.05, 3.63) is 30.0 Å². The van der Waals surface area contributed by atoms with Gasteiger partial charge in [0.2, 0.25) is 0 Å². The van der Waals surface area contributed by atoms with Crippen LogP contribution in [0.1, 0.15) is 37.7 Å². The highest BCUT2D eigenvalue weighted by Crippen LogP contribution is 2.30. The van der Waals surface area contributed by atoms with Crippen molar-refractivity contribution in [2.45, 2.75) is 27.2 Å². The van der Waals surface area contributed by atoms with Crippen LogP contribution >= 0.6 is 0 Å². The third-order valence-corrected chi connectivity index (χ3v) is 3.11. The molecule has 0 saturated heterocycles. The molecule has 0 bridgehead atoms. The van der Waals surface area contributed by atoms with Gasteiger partial charge < -0.3 is 9.47 Å². The zero-order chi connectivity index (χ0) is 15.9. The number of benzene rings is 1. The minimum Gasteiger partial charge on any atom is -0.493 e. The SMILES string of the molecule is CCOC(=O)c1n[nH]nc1-c1ccccc1OCCC(C)C. The summed E-state index contributed by atoms with van der Waals surface area (Å²) in [6.07, 6.45) is 0.956. The van der Waals surface area contributed by atoms with Crippen molar-refractivity contribution in [1.29, 1.82) is 0 Å². The van der Waals surface area contributed by atoms with E-state index in [1.165, 1.54) is 0 Å². The molecule has 0 amide bonds. The number of para-hydroxylation sites is 1. The average Bonchev–Trinajstić information content (AvgIpc) is 2.97. The molecule has 118 valence electrons. The van der Waals surface area contributed by atoms with Crippen LogP contribution in [0.4, 0.5) is 0 Å². The van der Waals surface area contributed by atoms with Crippen LogP contribution in [0.25, 0.3) is 11.3 Å². The number of nitrogens with zero attached hydrogens (tertiary/aromatic N) is 2. The first-order chi connectivity index (χ1) is 10.6. The second-order valence-corrected chi connectivity index (χ2v) is 5.27. The summed E-state index contributed by atoms with van der Waals surface area (Å²) in [6, 6.07) is 7.47. The van der Waals surface area contributed by atoms with Crippen molar-refractivity contribution >= 4 is 5.97 Å². The Balaban J connectivity index is 2.26. The molecule has 0 aliphatic rings. The van der Waals surface area contributed by atoms with E-state index in [1.807, 2.05) is 24.3 Å². The van der Waals surface area contributed by atoms with E-state index in [0.29, 0.717) is 24.0 Å². The summed E-state index contributed by atoms with van der Waals surface area (Å²) in [5.41, 5.74) is 1.34. The number of ether oxygens (including phenoxy) is 2. The lowest BCUT2D eigenvalue weighted by molar-refractivity contribution is 0.0520. The predicted molar refractivity (Wildman–Crippen MR) is 82.7 cm³/mol. The first-order valence-electron chi connectivity index (χ1n) is 7.43. The van der Waals surface area contributed by atoms with Crippen LogP contribution in [0.2, 0.25) is 0 Å². The van der Waals surface area contributed by atoms with Crippen molar-refractivity contribution < 1.29 is 14.3 Å². The number of esters is 1. The van der Waals surface area contributed by atoms with Gasteiger partial charge in [0.15, 0.2) is 5.69 Å². The maximum Gasteiger partial charge on any atom is 0.361 e. The number of nitrogens with one attached hydrogen (secondary N) is 1. The van der Waals surface area contributed by atoms with E-state index in [2.05, 4.69) is 29.3 Å². The largest absolute Gasteiger partial charge is 0.493 e. The number of aromatic nitrogens is 3. The Morgan fingerprint density at radius 1 is 1.27 bits per heavy atom. The number of hydrogen-bond acceptors (Lipinski definition) is 5. The summed E-state index contributed by atoms with van der Waals surface area (Å²) in [7, 11) is 0. The molecule has 6 heteroatoms. The standard InChI is InChI=1S/C16H21N3O3/c1-4-21-16(20)15-14(17-19-18-15)12-7-5-6-8-13(12)22-10-9-11(2)3/h5-8,11H,4,9-10H2,1-3H3,(H,17,18,19). The number of carbonyl (C=O) groups excluding carboxylic acids is 1. The van der Waals surface area contributed by atoms with Gasteiger partial charge in [0.25, 0.3) is 0 Å². The van der Waals surface area contributed by atoms with Crippen molar-refractivity contribution in [2.75, 3.05) is 13.2 Å². The average molecular weight is 303 g/mol. The lowest BCUT2D eigenvalue weighted by atomic mass is 10.1. The van der Waals surface area contributed by atoms with Crippen LogP contribution in [0.5, 0.6) is 5.75 Å². The maximum absolute atomic E-state index is 11.9. The molecule has 0 radical (unpaired) electrons. The van der Waals surface area contributed by atoms with E-state index in [9.17, 15) is 4.79 Å². The fraction of sp³-hybridized carbons (Fsp3) is 0.438. The molecular formula is C16H21N3O3. The molecule has 2 rings (SSSR count). The first-order valence-corrected chi connectivity index (χ1v) is 7.43. The van der Waals surface area contributed by atoms with Crippen LogP contribution in [0.3, 0.4) is 0 Å². The van der Waals surface area contributed by atoms with Gasteiger partial charge in [-0.15, -0.1) is 5.10 Å². The molecule has 0 spiro atoms. The van der Waals surface area contributed by atoms with Gasteiger partial charge in [-0.05, 0) is 31.4 Å². The zero-order valence-electron chi connectivity index (χ0n) is 13.1. The Kier molecular flexibility index (Phi) is 5.52. The third-order valence-electron chi connectivity index (χ3n) is 3.11. The van der Waals surface area contributed by atoms with Gasteiger partial charge in [-0.3, -0.25) is 0 Å². The quantitative estimate of drug-likeness (QED) is 0.795. The van der Waals surface area contributed by atoms with Gasteiger partial charge in [-0.25, -0.2) is 4.79 Å². The van der Waals surface area contributed by atoms with E-state index in [4.69, 9.17) is 9.47 Å². The van der Waals surface area contributed by atoms with Crippen LogP contribution in [0, 0.1) is 5.92 Å². The summed E-state index contributed by atoms with van der Waals surface area (Å²) >= 11 is 0. The van der Waals surface area contributed by atoms with Gasteiger partial charge >= 0.3 is 5.97 Å². The summed E-state index contributed by atoms with van der Waals surface area (Å²) in [5.74, 6) is 0.750. The molecule has 0 aliphatic heterocycles. The fourth-order valence-electron chi connectivity index (χ4n) is 1.95. The van der Waals surface area contributed by atoms with Crippen LogP contribution in [-0.4, -0.2) is 34.6 Å². The molecular weight excluding hydrogens is 282 g/mol. The van der Waals surface area contributed by atoms with Gasteiger partial charge in [0, 0.05) is 5.56 Å². The molecule has 0 fully saturated rings. The number of aromatic amines is 1. The Bertz CT molecular complexity index is 623. The summed E-state index contributed by atoms with van der Waals surface area (Å²) in [6.45, 7) is 6.94. The van der Waals surface area contributed by atoms with Crippen molar-refractivity contribution in [1.82, 2.24) is 15.4 Å². The minimum absolute atomic E-state index is 0.168. The highest BCUT2D eigenvalue weighted by molar-refractivity contribution is 5.94. The Hall–Kier alpha value is -2.37. The Morgan fingerprint density at radius 3 is 2.77 bits per heavy atom. The van der Waals surface area contributed by atoms with Crippen molar-refractivity contribution in [3.63, 3.8) is 0 Å². The van der Waals surface area contributed by atoms with Gasteiger partial charge in [0.1, 0.15) is 11.4 Å². The van der Waals surface area contributed by atoms with E-state index < -0.39 is 5.97 Å². The molecule has 1 aromatic heterocycles. The topological polar surface area (TPSA) is 77.1 Å². The lowest BCUT2D eigenvalue weighted by Crippen LogP contribution is -2.07.